The van der Waals surface area contributed by atoms with Crippen molar-refractivity contribution in [2.24, 2.45) is 11.8 Å². The molecule has 1 aromatic carbocycles. The van der Waals surface area contributed by atoms with Crippen LogP contribution in [-0.4, -0.2) is 82.7 Å². The highest BCUT2D eigenvalue weighted by molar-refractivity contribution is 6.03. The summed E-state index contributed by atoms with van der Waals surface area (Å²) in [6.07, 6.45) is 9.75. The number of rotatable bonds is 11. The summed E-state index contributed by atoms with van der Waals surface area (Å²) in [6.45, 7) is 8.63. The lowest BCUT2D eigenvalue weighted by atomic mass is 9.70. The van der Waals surface area contributed by atoms with Gasteiger partial charge < -0.3 is 24.5 Å². The molecule has 3 heterocycles. The van der Waals surface area contributed by atoms with Crippen LogP contribution in [0.25, 0.3) is 0 Å². The Morgan fingerprint density at radius 1 is 1.05 bits per heavy atom. The molecule has 3 saturated heterocycles. The zero-order chi connectivity index (χ0) is 27.6. The molecule has 1 aliphatic carbocycles. The number of fused-ring (bicyclic) bond motifs is 1. The minimum Gasteiger partial charge on any atom is -0.396 e. The zero-order valence-corrected chi connectivity index (χ0v) is 22.7. The number of ether oxygens (including phenoxy) is 1. The van der Waals surface area contributed by atoms with E-state index in [1.165, 1.54) is 6.42 Å². The molecule has 4 aliphatic rings. The number of likely N-dealkylation sites (tertiary alicyclic amines) is 1. The number of carbonyl (C=O) groups excluding carboxylic acids is 3. The molecule has 2 bridgehead atoms. The number of aliphatic hydroxyl groups is 1. The summed E-state index contributed by atoms with van der Waals surface area (Å²) >= 11 is 0. The largest absolute Gasteiger partial charge is 0.396 e. The van der Waals surface area contributed by atoms with E-state index in [9.17, 15) is 19.5 Å². The summed E-state index contributed by atoms with van der Waals surface area (Å²) in [4.78, 5) is 48.0. The van der Waals surface area contributed by atoms with Crippen LogP contribution >= 0.6 is 0 Å². The maximum Gasteiger partial charge on any atom is 0.248 e. The second-order valence-corrected chi connectivity index (χ2v) is 11.3. The van der Waals surface area contributed by atoms with E-state index in [4.69, 9.17) is 4.74 Å². The molecule has 5 rings (SSSR count). The second kappa shape index (κ2) is 11.6. The smallest absolute Gasteiger partial charge is 0.248 e. The first kappa shape index (κ1) is 27.6. The van der Waals surface area contributed by atoms with Gasteiger partial charge in [0, 0.05) is 38.0 Å². The van der Waals surface area contributed by atoms with Crippen molar-refractivity contribution in [3.05, 3.63) is 55.6 Å². The third kappa shape index (κ3) is 4.72. The predicted molar refractivity (Wildman–Crippen MR) is 149 cm³/mol. The molecule has 1 aromatic rings. The van der Waals surface area contributed by atoms with Crippen molar-refractivity contribution in [3.63, 3.8) is 0 Å². The number of benzene rings is 1. The lowest BCUT2D eigenvalue weighted by Crippen LogP contribution is -2.58. The van der Waals surface area contributed by atoms with Gasteiger partial charge in [0.05, 0.1) is 17.9 Å². The van der Waals surface area contributed by atoms with Gasteiger partial charge in [-0.25, -0.2) is 0 Å². The lowest BCUT2D eigenvalue weighted by Gasteiger charge is -2.40. The highest BCUT2D eigenvalue weighted by Crippen LogP contribution is 2.59. The minimum absolute atomic E-state index is 0.0890. The third-order valence-corrected chi connectivity index (χ3v) is 9.15. The zero-order valence-electron chi connectivity index (χ0n) is 22.7. The highest BCUT2D eigenvalue weighted by atomic mass is 16.5. The molecule has 0 radical (unpaired) electrons. The van der Waals surface area contributed by atoms with Crippen LogP contribution in [0.5, 0.6) is 0 Å². The third-order valence-electron chi connectivity index (χ3n) is 9.15. The molecular formula is C31H41N3O5. The first-order valence-electron chi connectivity index (χ1n) is 14.5. The number of hydrogen-bond acceptors (Lipinski definition) is 5. The predicted octanol–water partition coefficient (Wildman–Crippen LogP) is 3.31. The average molecular weight is 536 g/mol. The van der Waals surface area contributed by atoms with Gasteiger partial charge in [-0.05, 0) is 44.2 Å². The first-order chi connectivity index (χ1) is 19.0. The molecule has 0 aromatic heterocycles. The topological polar surface area (TPSA) is 90.4 Å². The van der Waals surface area contributed by atoms with E-state index in [0.717, 1.165) is 31.4 Å². The molecule has 3 aliphatic heterocycles. The Morgan fingerprint density at radius 2 is 1.77 bits per heavy atom. The molecule has 2 unspecified atom stereocenters. The van der Waals surface area contributed by atoms with Gasteiger partial charge in [-0.3, -0.25) is 14.4 Å². The Kier molecular flexibility index (Phi) is 8.24. The van der Waals surface area contributed by atoms with E-state index in [2.05, 4.69) is 13.2 Å². The molecule has 39 heavy (non-hydrogen) atoms. The molecule has 3 amide bonds. The second-order valence-electron chi connectivity index (χ2n) is 11.3. The van der Waals surface area contributed by atoms with Gasteiger partial charge in [0.2, 0.25) is 17.7 Å². The summed E-state index contributed by atoms with van der Waals surface area (Å²) in [6, 6.07) is 8.69. The molecule has 1 spiro atoms. The maximum absolute atomic E-state index is 14.4. The summed E-state index contributed by atoms with van der Waals surface area (Å²) in [5, 5.41) is 9.62. The standard InChI is InChI=1S/C31H41N3O5/c1-3-18-32(22-12-7-5-8-13-22)28(36)25-24-16-17-31(39-24)26(25)29(37)34(20-11-21-35)27(31)30(38)33(19-4-2)23-14-9-6-10-15-23/h3-5,7-8,12-13,23-27,35H,1-2,6,9-11,14-21H2/t24-,25+,26+,27?,31?/m1/s1. The van der Waals surface area contributed by atoms with Gasteiger partial charge >= 0.3 is 0 Å². The Hall–Kier alpha value is -2.97. The highest BCUT2D eigenvalue weighted by Gasteiger charge is 2.75. The molecule has 8 heteroatoms. The molecule has 210 valence electrons. The number of para-hydroxylation sites is 1. The quantitative estimate of drug-likeness (QED) is 0.439. The number of aliphatic hydroxyl groups excluding tert-OH is 1. The van der Waals surface area contributed by atoms with E-state index in [-0.39, 0.29) is 36.9 Å². The van der Waals surface area contributed by atoms with Crippen LogP contribution in [0, 0.1) is 11.8 Å². The summed E-state index contributed by atoms with van der Waals surface area (Å²) in [7, 11) is 0. The van der Waals surface area contributed by atoms with Crippen molar-refractivity contribution in [3.8, 4) is 0 Å². The number of carbonyl (C=O) groups is 3. The van der Waals surface area contributed by atoms with Crippen LogP contribution in [0.2, 0.25) is 0 Å². The van der Waals surface area contributed by atoms with E-state index in [1.54, 1.807) is 22.0 Å². The van der Waals surface area contributed by atoms with Crippen LogP contribution in [0.4, 0.5) is 5.69 Å². The van der Waals surface area contributed by atoms with Gasteiger partial charge in [0.1, 0.15) is 11.6 Å². The van der Waals surface area contributed by atoms with Crippen LogP contribution in [-0.2, 0) is 19.1 Å². The van der Waals surface area contributed by atoms with Crippen LogP contribution in [0.3, 0.4) is 0 Å². The number of hydrogen-bond donors (Lipinski definition) is 1. The number of amides is 3. The van der Waals surface area contributed by atoms with Gasteiger partial charge in [0.25, 0.3) is 0 Å². The van der Waals surface area contributed by atoms with Crippen molar-refractivity contribution in [2.45, 2.75) is 75.2 Å². The van der Waals surface area contributed by atoms with E-state index in [0.29, 0.717) is 32.4 Å². The van der Waals surface area contributed by atoms with E-state index in [1.807, 2.05) is 35.2 Å². The number of anilines is 1. The van der Waals surface area contributed by atoms with Gasteiger partial charge in [-0.1, -0.05) is 49.6 Å². The average Bonchev–Trinajstić information content (AvgIpc) is 3.61. The SMILES string of the molecule is C=CCN(C(=O)[C@@H]1[C@H]2C(=O)N(CCCO)C(C(=O)N(CC=C)C3CCCCC3)C23CC[C@H]1O3)c1ccccc1. The molecule has 1 N–H and O–H groups in total. The molecule has 5 atom stereocenters. The van der Waals surface area contributed by atoms with Crippen LogP contribution in [0.15, 0.2) is 55.6 Å². The monoisotopic (exact) mass is 535 g/mol. The van der Waals surface area contributed by atoms with Crippen LogP contribution in [0.1, 0.15) is 51.4 Å². The van der Waals surface area contributed by atoms with Crippen molar-refractivity contribution < 1.29 is 24.2 Å². The molecular weight excluding hydrogens is 494 g/mol. The van der Waals surface area contributed by atoms with Crippen molar-refractivity contribution in [2.75, 3.05) is 31.1 Å². The van der Waals surface area contributed by atoms with Gasteiger partial charge in [-0.15, -0.1) is 13.2 Å². The Labute approximate surface area is 231 Å². The van der Waals surface area contributed by atoms with Crippen molar-refractivity contribution >= 4 is 23.4 Å². The van der Waals surface area contributed by atoms with Crippen molar-refractivity contribution in [1.82, 2.24) is 9.80 Å². The molecule has 8 nitrogen and oxygen atoms in total. The molecule has 4 fully saturated rings. The summed E-state index contributed by atoms with van der Waals surface area (Å²) in [5.74, 6) is -1.91. The minimum atomic E-state index is -1.04. The van der Waals surface area contributed by atoms with Gasteiger partial charge in [0.15, 0.2) is 0 Å². The van der Waals surface area contributed by atoms with Gasteiger partial charge in [-0.2, -0.15) is 0 Å². The van der Waals surface area contributed by atoms with E-state index >= 15 is 0 Å². The van der Waals surface area contributed by atoms with Crippen molar-refractivity contribution in [1.29, 1.82) is 0 Å². The molecule has 1 saturated carbocycles. The fourth-order valence-corrected chi connectivity index (χ4v) is 7.54. The fourth-order valence-electron chi connectivity index (χ4n) is 7.54. The normalized spacial score (nSPS) is 29.8. The van der Waals surface area contributed by atoms with Crippen LogP contribution < -0.4 is 4.90 Å². The summed E-state index contributed by atoms with van der Waals surface area (Å²) < 4.78 is 6.64. The maximum atomic E-state index is 14.4. The Balaban J connectivity index is 1.51. The summed E-state index contributed by atoms with van der Waals surface area (Å²) in [5.41, 5.74) is -0.303. The Bertz CT molecular complexity index is 1090. The lowest BCUT2D eigenvalue weighted by molar-refractivity contribution is -0.150. The number of nitrogens with zero attached hydrogens (tertiary/aromatic N) is 3. The Morgan fingerprint density at radius 3 is 2.44 bits per heavy atom. The van der Waals surface area contributed by atoms with E-state index < -0.39 is 29.6 Å². The first-order valence-corrected chi connectivity index (χ1v) is 14.5. The fraction of sp³-hybridized carbons (Fsp3) is 0.581.